The lowest BCUT2D eigenvalue weighted by molar-refractivity contribution is 0.339. The Morgan fingerprint density at radius 2 is 2.12 bits per heavy atom. The lowest BCUT2D eigenvalue weighted by atomic mass is 9.80. The first kappa shape index (κ1) is 11.2. The monoisotopic (exact) mass is 228 g/mol. The van der Waals surface area contributed by atoms with Crippen LogP contribution in [0.3, 0.4) is 0 Å². The van der Waals surface area contributed by atoms with Crippen molar-refractivity contribution in [3.63, 3.8) is 0 Å². The topological polar surface area (TPSA) is 9.23 Å². The summed E-state index contributed by atoms with van der Waals surface area (Å²) < 4.78 is 5.83. The maximum absolute atomic E-state index is 5.83. The zero-order chi connectivity index (χ0) is 12.2. The Bertz CT molecular complexity index is 462. The average molecular weight is 228 g/mol. The molecule has 0 aromatic heterocycles. The van der Waals surface area contributed by atoms with Gasteiger partial charge >= 0.3 is 0 Å². The molecule has 3 rings (SSSR count). The summed E-state index contributed by atoms with van der Waals surface area (Å²) in [6, 6.07) is 2.37. The molecule has 1 aliphatic carbocycles. The van der Waals surface area contributed by atoms with Crippen LogP contribution < -0.4 is 10.2 Å². The van der Waals surface area contributed by atoms with E-state index in [2.05, 4.69) is 34.7 Å². The summed E-state index contributed by atoms with van der Waals surface area (Å²) in [6.07, 6.45) is 2.84. The average Bonchev–Trinajstić information content (AvgIpc) is 3.06. The van der Waals surface area contributed by atoms with Crippen LogP contribution in [0.15, 0.2) is 6.07 Å². The number of fused-ring (bicyclic) bond motifs is 1. The first-order chi connectivity index (χ1) is 8.09. The zero-order valence-electron chi connectivity index (χ0n) is 11.3. The zero-order valence-corrected chi connectivity index (χ0v) is 11.3. The summed E-state index contributed by atoms with van der Waals surface area (Å²) in [5.41, 5.74) is 5.88. The van der Waals surface area contributed by atoms with Crippen molar-refractivity contribution >= 4 is 13.3 Å². The van der Waals surface area contributed by atoms with Gasteiger partial charge in [0.15, 0.2) is 0 Å². The maximum Gasteiger partial charge on any atom is 0.144 e. The Labute approximate surface area is 105 Å². The van der Waals surface area contributed by atoms with E-state index < -0.39 is 0 Å². The molecule has 2 unspecified atom stereocenters. The molecule has 0 bridgehead atoms. The molecule has 1 nitrogen and oxygen atoms in total. The van der Waals surface area contributed by atoms with Crippen LogP contribution in [0.25, 0.3) is 0 Å². The van der Waals surface area contributed by atoms with E-state index in [9.17, 15) is 0 Å². The largest absolute Gasteiger partial charge is 0.493 e. The van der Waals surface area contributed by atoms with Crippen LogP contribution in [0.2, 0.25) is 0 Å². The fourth-order valence-corrected chi connectivity index (χ4v) is 3.35. The van der Waals surface area contributed by atoms with E-state index in [1.807, 2.05) is 0 Å². The predicted octanol–water partition coefficient (Wildman–Crippen LogP) is 2.26. The highest BCUT2D eigenvalue weighted by Gasteiger charge is 2.33. The molecule has 0 spiro atoms. The second-order valence-corrected chi connectivity index (χ2v) is 5.99. The minimum Gasteiger partial charge on any atom is -0.493 e. The first-order valence-electron chi connectivity index (χ1n) is 6.86. The van der Waals surface area contributed by atoms with Gasteiger partial charge in [0.05, 0.1) is 6.61 Å². The molecular weight excluding hydrogens is 207 g/mol. The van der Waals surface area contributed by atoms with E-state index in [-0.39, 0.29) is 0 Å². The molecule has 1 saturated carbocycles. The summed E-state index contributed by atoms with van der Waals surface area (Å²) in [5.74, 6) is 3.40. The van der Waals surface area contributed by atoms with Crippen LogP contribution in [-0.2, 0) is 0 Å². The molecule has 0 amide bonds. The summed E-state index contributed by atoms with van der Waals surface area (Å²) in [5, 5.41) is 0. The minimum absolute atomic E-state index is 0.565. The lowest BCUT2D eigenvalue weighted by Crippen LogP contribution is -2.12. The number of hydrogen-bond acceptors (Lipinski definition) is 1. The third-order valence-corrected chi connectivity index (χ3v) is 4.60. The van der Waals surface area contributed by atoms with Gasteiger partial charge in [-0.1, -0.05) is 19.9 Å². The predicted molar refractivity (Wildman–Crippen MR) is 74.4 cm³/mol. The number of ether oxygens (including phenoxy) is 1. The van der Waals surface area contributed by atoms with Crippen LogP contribution in [0.1, 0.15) is 55.2 Å². The molecule has 0 N–H and O–H groups in total. The van der Waals surface area contributed by atoms with Crippen LogP contribution >= 0.6 is 0 Å². The fraction of sp³-hybridized carbons (Fsp3) is 0.600. The quantitative estimate of drug-likeness (QED) is 0.705. The molecule has 1 heterocycles. The van der Waals surface area contributed by atoms with E-state index >= 15 is 0 Å². The summed E-state index contributed by atoms with van der Waals surface area (Å²) in [4.78, 5) is 0. The van der Waals surface area contributed by atoms with Gasteiger partial charge in [0.25, 0.3) is 0 Å². The van der Waals surface area contributed by atoms with Crippen molar-refractivity contribution in [2.45, 2.75) is 45.4 Å². The van der Waals surface area contributed by atoms with E-state index in [1.165, 1.54) is 35.2 Å². The van der Waals surface area contributed by atoms with Gasteiger partial charge in [-0.25, -0.2) is 0 Å². The second kappa shape index (κ2) is 3.79. The van der Waals surface area contributed by atoms with Crippen LogP contribution in [0.5, 0.6) is 5.75 Å². The number of hydrogen-bond donors (Lipinski definition) is 0. The molecule has 2 aliphatic rings. The molecule has 1 aromatic carbocycles. The fourth-order valence-electron chi connectivity index (χ4n) is 3.35. The molecule has 0 saturated heterocycles. The number of rotatable bonds is 2. The Morgan fingerprint density at radius 3 is 2.76 bits per heavy atom. The second-order valence-electron chi connectivity index (χ2n) is 5.99. The highest BCUT2D eigenvalue weighted by atomic mass is 16.5. The Kier molecular flexibility index (Phi) is 2.50. The molecule has 2 heteroatoms. The van der Waals surface area contributed by atoms with Gasteiger partial charge in [0, 0.05) is 11.5 Å². The molecule has 90 valence electrons. The Morgan fingerprint density at radius 1 is 1.41 bits per heavy atom. The molecule has 0 radical (unpaired) electrons. The minimum atomic E-state index is 0.565. The third-order valence-electron chi connectivity index (χ3n) is 4.60. The van der Waals surface area contributed by atoms with Gasteiger partial charge in [-0.3, -0.25) is 0 Å². The molecular formula is C15H21BO. The van der Waals surface area contributed by atoms with E-state index in [0.29, 0.717) is 5.92 Å². The van der Waals surface area contributed by atoms with Crippen LogP contribution in [-0.4, -0.2) is 14.5 Å². The van der Waals surface area contributed by atoms with E-state index in [4.69, 9.17) is 4.74 Å². The number of benzene rings is 1. The summed E-state index contributed by atoms with van der Waals surface area (Å²) >= 11 is 0. The van der Waals surface area contributed by atoms with Crippen molar-refractivity contribution in [2.24, 2.45) is 5.92 Å². The lowest BCUT2D eigenvalue weighted by Gasteiger charge is -2.19. The van der Waals surface area contributed by atoms with E-state index in [0.717, 1.165) is 18.4 Å². The van der Waals surface area contributed by atoms with Crippen molar-refractivity contribution < 1.29 is 4.74 Å². The van der Waals surface area contributed by atoms with Crippen molar-refractivity contribution in [1.29, 1.82) is 0 Å². The molecule has 1 aromatic rings. The third kappa shape index (κ3) is 1.69. The van der Waals surface area contributed by atoms with Crippen molar-refractivity contribution in [1.82, 2.24) is 0 Å². The molecule has 1 aliphatic heterocycles. The summed E-state index contributed by atoms with van der Waals surface area (Å²) in [7, 11) is 2.19. The normalized spacial score (nSPS) is 24.3. The maximum atomic E-state index is 5.83. The Hall–Kier alpha value is -0.915. The van der Waals surface area contributed by atoms with E-state index in [1.54, 1.807) is 5.56 Å². The Balaban J connectivity index is 2.11. The van der Waals surface area contributed by atoms with Gasteiger partial charge in [-0.2, -0.15) is 0 Å². The standard InChI is InChI=1S/C15H21BO/c1-8-7-17-15-13(16)6-12(10(3)14(8)15)9(2)11-4-5-11/h6,8-9,11H,4-5,7,16H2,1-3H3. The van der Waals surface area contributed by atoms with Crippen LogP contribution in [0, 0.1) is 12.8 Å². The smallest absolute Gasteiger partial charge is 0.144 e. The van der Waals surface area contributed by atoms with Crippen molar-refractivity contribution in [3.05, 3.63) is 22.8 Å². The first-order valence-corrected chi connectivity index (χ1v) is 6.86. The van der Waals surface area contributed by atoms with Crippen LogP contribution in [0.4, 0.5) is 0 Å². The van der Waals surface area contributed by atoms with Gasteiger partial charge in [-0.05, 0) is 48.2 Å². The van der Waals surface area contributed by atoms with Gasteiger partial charge < -0.3 is 4.74 Å². The van der Waals surface area contributed by atoms with Crippen molar-refractivity contribution in [3.8, 4) is 5.75 Å². The van der Waals surface area contributed by atoms with Gasteiger partial charge in [0.1, 0.15) is 13.6 Å². The SMILES string of the molecule is Bc1cc(C(C)C2CC2)c(C)c2c1OCC2C. The molecule has 2 atom stereocenters. The molecule has 1 fully saturated rings. The van der Waals surface area contributed by atoms with Crippen molar-refractivity contribution in [2.75, 3.05) is 6.61 Å². The van der Waals surface area contributed by atoms with Gasteiger partial charge in [0.2, 0.25) is 0 Å². The van der Waals surface area contributed by atoms with Gasteiger partial charge in [-0.15, -0.1) is 0 Å². The highest BCUT2D eigenvalue weighted by Crippen LogP contribution is 2.45. The molecule has 17 heavy (non-hydrogen) atoms. The highest BCUT2D eigenvalue weighted by molar-refractivity contribution is 6.34. The summed E-state index contributed by atoms with van der Waals surface area (Å²) in [6.45, 7) is 7.83.